The van der Waals surface area contributed by atoms with Gasteiger partial charge < -0.3 is 11.1 Å². The molecule has 15 heavy (non-hydrogen) atoms. The van der Waals surface area contributed by atoms with Crippen molar-refractivity contribution in [2.24, 2.45) is 0 Å². The molecule has 0 aliphatic heterocycles. The Labute approximate surface area is 91.5 Å². The molecule has 2 aromatic rings. The van der Waals surface area contributed by atoms with Gasteiger partial charge in [-0.15, -0.1) is 0 Å². The SMILES string of the molecule is Nc1cc(F)cc(NCc2ccsc2)c1. The first kappa shape index (κ1) is 9.98. The Hall–Kier alpha value is -1.55. The first-order valence-electron chi connectivity index (χ1n) is 4.55. The molecular weight excluding hydrogens is 211 g/mol. The summed E-state index contributed by atoms with van der Waals surface area (Å²) in [5.74, 6) is -0.317. The van der Waals surface area contributed by atoms with Gasteiger partial charge in [0.25, 0.3) is 0 Å². The van der Waals surface area contributed by atoms with E-state index in [1.54, 1.807) is 17.4 Å². The summed E-state index contributed by atoms with van der Waals surface area (Å²) in [7, 11) is 0. The number of nitrogen functional groups attached to an aromatic ring is 1. The van der Waals surface area contributed by atoms with Gasteiger partial charge in [-0.1, -0.05) is 0 Å². The van der Waals surface area contributed by atoms with Gasteiger partial charge in [-0.3, -0.25) is 0 Å². The van der Waals surface area contributed by atoms with Crippen LogP contribution in [-0.2, 0) is 6.54 Å². The second-order valence-electron chi connectivity index (χ2n) is 3.26. The molecule has 1 aromatic carbocycles. The van der Waals surface area contributed by atoms with Crippen LogP contribution in [0.1, 0.15) is 5.56 Å². The van der Waals surface area contributed by atoms with Gasteiger partial charge in [0.2, 0.25) is 0 Å². The normalized spacial score (nSPS) is 10.2. The molecule has 0 bridgehead atoms. The number of rotatable bonds is 3. The number of hydrogen-bond donors (Lipinski definition) is 2. The Bertz CT molecular complexity index is 420. The van der Waals surface area contributed by atoms with Crippen molar-refractivity contribution in [3.8, 4) is 0 Å². The monoisotopic (exact) mass is 222 g/mol. The summed E-state index contributed by atoms with van der Waals surface area (Å²) in [6.45, 7) is 0.687. The first-order chi connectivity index (χ1) is 7.24. The number of anilines is 2. The summed E-state index contributed by atoms with van der Waals surface area (Å²) >= 11 is 1.64. The van der Waals surface area contributed by atoms with Crippen LogP contribution in [0.3, 0.4) is 0 Å². The van der Waals surface area contributed by atoms with Crippen LogP contribution in [0.4, 0.5) is 15.8 Å². The summed E-state index contributed by atoms with van der Waals surface area (Å²) in [6.07, 6.45) is 0. The zero-order valence-corrected chi connectivity index (χ0v) is 8.85. The van der Waals surface area contributed by atoms with E-state index in [2.05, 4.69) is 10.7 Å². The lowest BCUT2D eigenvalue weighted by Crippen LogP contribution is -1.99. The number of thiophene rings is 1. The van der Waals surface area contributed by atoms with E-state index in [9.17, 15) is 4.39 Å². The smallest absolute Gasteiger partial charge is 0.127 e. The predicted molar refractivity (Wildman–Crippen MR) is 62.5 cm³/mol. The molecule has 0 amide bonds. The number of hydrogen-bond acceptors (Lipinski definition) is 3. The molecule has 0 saturated heterocycles. The van der Waals surface area contributed by atoms with E-state index in [4.69, 9.17) is 5.73 Å². The summed E-state index contributed by atoms with van der Waals surface area (Å²) in [4.78, 5) is 0. The fourth-order valence-corrected chi connectivity index (χ4v) is 1.98. The van der Waals surface area contributed by atoms with Gasteiger partial charge >= 0.3 is 0 Å². The van der Waals surface area contributed by atoms with Crippen LogP contribution >= 0.6 is 11.3 Å². The number of halogens is 1. The van der Waals surface area contributed by atoms with E-state index in [0.717, 1.165) is 0 Å². The van der Waals surface area contributed by atoms with Crippen molar-refractivity contribution in [1.82, 2.24) is 0 Å². The molecule has 0 fully saturated rings. The van der Waals surface area contributed by atoms with Crippen LogP contribution in [0.15, 0.2) is 35.0 Å². The Morgan fingerprint density at radius 1 is 1.33 bits per heavy atom. The van der Waals surface area contributed by atoms with Crippen molar-refractivity contribution in [1.29, 1.82) is 0 Å². The van der Waals surface area contributed by atoms with E-state index in [-0.39, 0.29) is 5.82 Å². The molecule has 0 aliphatic rings. The third-order valence-electron chi connectivity index (χ3n) is 2.00. The largest absolute Gasteiger partial charge is 0.399 e. The molecule has 0 spiro atoms. The molecule has 3 N–H and O–H groups in total. The highest BCUT2D eigenvalue weighted by Gasteiger charge is 1.98. The summed E-state index contributed by atoms with van der Waals surface area (Å²) in [6, 6.07) is 6.48. The third kappa shape index (κ3) is 2.70. The minimum absolute atomic E-state index is 0.317. The van der Waals surface area contributed by atoms with Gasteiger partial charge in [0.05, 0.1) is 0 Å². The third-order valence-corrected chi connectivity index (χ3v) is 2.73. The molecule has 1 aromatic heterocycles. The van der Waals surface area contributed by atoms with Crippen molar-refractivity contribution in [2.45, 2.75) is 6.54 Å². The summed E-state index contributed by atoms with van der Waals surface area (Å²) < 4.78 is 13.0. The molecule has 4 heteroatoms. The van der Waals surface area contributed by atoms with Crippen LogP contribution in [0.25, 0.3) is 0 Å². The van der Waals surface area contributed by atoms with Crippen LogP contribution in [0.5, 0.6) is 0 Å². The topological polar surface area (TPSA) is 38.0 Å². The lowest BCUT2D eigenvalue weighted by molar-refractivity contribution is 0.629. The fraction of sp³-hybridized carbons (Fsp3) is 0.0909. The van der Waals surface area contributed by atoms with Crippen molar-refractivity contribution in [3.05, 3.63) is 46.4 Å². The van der Waals surface area contributed by atoms with Crippen molar-refractivity contribution < 1.29 is 4.39 Å². The zero-order valence-electron chi connectivity index (χ0n) is 8.03. The second-order valence-corrected chi connectivity index (χ2v) is 4.04. The molecule has 2 rings (SSSR count). The standard InChI is InChI=1S/C11H11FN2S/c12-9-3-10(13)5-11(4-9)14-6-8-1-2-15-7-8/h1-5,7,14H,6,13H2. The predicted octanol–water partition coefficient (Wildman–Crippen LogP) is 3.08. The Morgan fingerprint density at radius 2 is 2.20 bits per heavy atom. The van der Waals surface area contributed by atoms with Crippen LogP contribution in [-0.4, -0.2) is 0 Å². The quantitative estimate of drug-likeness (QED) is 0.783. The molecule has 0 unspecified atom stereocenters. The Balaban J connectivity index is 2.05. The summed E-state index contributed by atoms with van der Waals surface area (Å²) in [5, 5.41) is 7.18. The van der Waals surface area contributed by atoms with Gasteiger partial charge in [-0.2, -0.15) is 11.3 Å². The van der Waals surface area contributed by atoms with E-state index in [1.165, 1.54) is 17.7 Å². The first-order valence-corrected chi connectivity index (χ1v) is 5.49. The maximum atomic E-state index is 13.0. The van der Waals surface area contributed by atoms with Gasteiger partial charge in [-0.25, -0.2) is 4.39 Å². The molecular formula is C11H11FN2S. The zero-order chi connectivity index (χ0) is 10.7. The highest BCUT2D eigenvalue weighted by atomic mass is 32.1. The maximum absolute atomic E-state index is 13.0. The van der Waals surface area contributed by atoms with Crippen LogP contribution < -0.4 is 11.1 Å². The molecule has 0 saturated carbocycles. The van der Waals surface area contributed by atoms with Gasteiger partial charge in [0.1, 0.15) is 5.82 Å². The van der Waals surface area contributed by atoms with Crippen LogP contribution in [0.2, 0.25) is 0 Å². The molecule has 78 valence electrons. The number of nitrogens with two attached hydrogens (primary N) is 1. The minimum atomic E-state index is -0.317. The summed E-state index contributed by atoms with van der Waals surface area (Å²) in [5.41, 5.74) is 7.85. The van der Waals surface area contributed by atoms with E-state index < -0.39 is 0 Å². The van der Waals surface area contributed by atoms with Gasteiger partial charge in [0, 0.05) is 17.9 Å². The number of nitrogens with one attached hydrogen (secondary N) is 1. The average molecular weight is 222 g/mol. The van der Waals surface area contributed by atoms with Crippen molar-refractivity contribution >= 4 is 22.7 Å². The lowest BCUT2D eigenvalue weighted by atomic mass is 10.2. The lowest BCUT2D eigenvalue weighted by Gasteiger charge is -2.06. The second kappa shape index (κ2) is 4.31. The van der Waals surface area contributed by atoms with E-state index in [0.29, 0.717) is 17.9 Å². The fourth-order valence-electron chi connectivity index (χ4n) is 1.31. The highest BCUT2D eigenvalue weighted by Crippen LogP contribution is 2.16. The Kier molecular flexibility index (Phi) is 2.87. The molecule has 0 radical (unpaired) electrons. The van der Waals surface area contributed by atoms with Gasteiger partial charge in [-0.05, 0) is 40.6 Å². The Morgan fingerprint density at radius 3 is 2.87 bits per heavy atom. The molecule has 1 heterocycles. The molecule has 0 atom stereocenters. The minimum Gasteiger partial charge on any atom is -0.399 e. The van der Waals surface area contributed by atoms with Crippen molar-refractivity contribution in [3.63, 3.8) is 0 Å². The highest BCUT2D eigenvalue weighted by molar-refractivity contribution is 7.07. The maximum Gasteiger partial charge on any atom is 0.127 e. The van der Waals surface area contributed by atoms with Crippen LogP contribution in [0, 0.1) is 5.82 Å². The number of benzene rings is 1. The van der Waals surface area contributed by atoms with E-state index >= 15 is 0 Å². The molecule has 0 aliphatic carbocycles. The van der Waals surface area contributed by atoms with E-state index in [1.807, 2.05) is 11.4 Å². The van der Waals surface area contributed by atoms with Crippen molar-refractivity contribution in [2.75, 3.05) is 11.1 Å². The molecule has 2 nitrogen and oxygen atoms in total. The van der Waals surface area contributed by atoms with Gasteiger partial charge in [0.15, 0.2) is 0 Å². The average Bonchev–Trinajstić information content (AvgIpc) is 2.65.